The van der Waals surface area contributed by atoms with Crippen molar-refractivity contribution in [1.29, 1.82) is 0 Å². The van der Waals surface area contributed by atoms with Gasteiger partial charge < -0.3 is 14.8 Å². The van der Waals surface area contributed by atoms with Gasteiger partial charge in [-0.25, -0.2) is 0 Å². The average molecular weight is 309 g/mol. The predicted octanol–water partition coefficient (Wildman–Crippen LogP) is 3.04. The zero-order valence-corrected chi connectivity index (χ0v) is 12.9. The fraction of sp³-hybridized carbons (Fsp3) is 0.211. The number of rotatable bonds is 4. The number of hydrogen-bond acceptors (Lipinski definition) is 3. The van der Waals surface area contributed by atoms with Gasteiger partial charge in [0.05, 0.1) is 6.04 Å². The first-order valence-corrected chi connectivity index (χ1v) is 7.64. The fourth-order valence-corrected chi connectivity index (χ4v) is 2.38. The predicted molar refractivity (Wildman–Crippen MR) is 89.4 cm³/mol. The van der Waals surface area contributed by atoms with Crippen molar-refractivity contribution in [3.8, 4) is 11.5 Å². The minimum absolute atomic E-state index is 0.149. The monoisotopic (exact) mass is 309 g/mol. The number of fused-ring (bicyclic) bond motifs is 1. The summed E-state index contributed by atoms with van der Waals surface area (Å²) in [6.45, 7) is 2.33. The molecule has 0 aromatic heterocycles. The average Bonchev–Trinajstić information content (AvgIpc) is 2.60. The van der Waals surface area contributed by atoms with E-state index < -0.39 is 0 Å². The van der Waals surface area contributed by atoms with E-state index in [1.807, 2.05) is 61.5 Å². The molecule has 1 aliphatic heterocycles. The maximum Gasteiger partial charge on any atom is 0.244 e. The summed E-state index contributed by atoms with van der Waals surface area (Å²) in [6, 6.07) is 17.1. The third kappa shape index (κ3) is 3.92. The van der Waals surface area contributed by atoms with E-state index in [1.165, 1.54) is 6.08 Å². The third-order valence-electron chi connectivity index (χ3n) is 3.68. The van der Waals surface area contributed by atoms with Gasteiger partial charge in [0, 0.05) is 6.08 Å². The zero-order valence-electron chi connectivity index (χ0n) is 12.9. The first-order chi connectivity index (χ1) is 11.2. The topological polar surface area (TPSA) is 47.6 Å². The van der Waals surface area contributed by atoms with Crippen LogP contribution in [0, 0.1) is 0 Å². The molecule has 0 fully saturated rings. The SMILES string of the molecule is CC(NC(=O)/C=C\c1ccccc1)C1COc2ccccc2O1. The third-order valence-corrected chi connectivity index (χ3v) is 3.68. The molecular formula is C19H19NO3. The van der Waals surface area contributed by atoms with E-state index in [-0.39, 0.29) is 18.1 Å². The van der Waals surface area contributed by atoms with Crippen molar-refractivity contribution in [3.63, 3.8) is 0 Å². The van der Waals surface area contributed by atoms with Crippen molar-refractivity contribution in [2.45, 2.75) is 19.1 Å². The Morgan fingerprint density at radius 2 is 1.83 bits per heavy atom. The van der Waals surface area contributed by atoms with Gasteiger partial charge in [0.2, 0.25) is 5.91 Å². The van der Waals surface area contributed by atoms with Gasteiger partial charge in [0.1, 0.15) is 6.61 Å². The minimum atomic E-state index is -0.209. The van der Waals surface area contributed by atoms with E-state index >= 15 is 0 Å². The summed E-state index contributed by atoms with van der Waals surface area (Å²) in [7, 11) is 0. The van der Waals surface area contributed by atoms with Crippen molar-refractivity contribution in [2.24, 2.45) is 0 Å². The van der Waals surface area contributed by atoms with E-state index in [1.54, 1.807) is 6.08 Å². The molecule has 2 atom stereocenters. The van der Waals surface area contributed by atoms with E-state index in [0.29, 0.717) is 12.4 Å². The molecule has 0 spiro atoms. The molecule has 0 aliphatic carbocycles. The molecule has 0 saturated heterocycles. The molecule has 1 heterocycles. The lowest BCUT2D eigenvalue weighted by atomic mass is 10.1. The lowest BCUT2D eigenvalue weighted by Crippen LogP contribution is -2.47. The summed E-state index contributed by atoms with van der Waals surface area (Å²) in [6.07, 6.45) is 3.11. The summed E-state index contributed by atoms with van der Waals surface area (Å²) in [5, 5.41) is 2.92. The maximum absolute atomic E-state index is 12.0. The van der Waals surface area contributed by atoms with Crippen LogP contribution < -0.4 is 14.8 Å². The summed E-state index contributed by atoms with van der Waals surface area (Å²) < 4.78 is 11.6. The molecule has 2 unspecified atom stereocenters. The first-order valence-electron chi connectivity index (χ1n) is 7.64. The van der Waals surface area contributed by atoms with E-state index in [0.717, 1.165) is 11.3 Å². The quantitative estimate of drug-likeness (QED) is 0.883. The molecule has 0 bridgehead atoms. The van der Waals surface area contributed by atoms with Crippen molar-refractivity contribution in [2.75, 3.05) is 6.61 Å². The molecule has 1 aliphatic rings. The van der Waals surface area contributed by atoms with E-state index in [9.17, 15) is 4.79 Å². The Morgan fingerprint density at radius 1 is 1.13 bits per heavy atom. The molecule has 1 N–H and O–H groups in total. The molecule has 2 aromatic carbocycles. The van der Waals surface area contributed by atoms with Gasteiger partial charge in [-0.1, -0.05) is 42.5 Å². The Balaban J connectivity index is 1.56. The number of ether oxygens (including phenoxy) is 2. The van der Waals surface area contributed by atoms with Gasteiger partial charge in [-0.2, -0.15) is 0 Å². The molecule has 4 nitrogen and oxygen atoms in total. The Kier molecular flexibility index (Phi) is 4.62. The first kappa shape index (κ1) is 15.2. The normalized spacial score (nSPS) is 17.7. The van der Waals surface area contributed by atoms with Crippen LogP contribution in [0.3, 0.4) is 0 Å². The van der Waals surface area contributed by atoms with Gasteiger partial charge in [-0.3, -0.25) is 4.79 Å². The lowest BCUT2D eigenvalue weighted by Gasteiger charge is -2.30. The van der Waals surface area contributed by atoms with E-state index in [2.05, 4.69) is 5.32 Å². The van der Waals surface area contributed by atoms with Crippen LogP contribution >= 0.6 is 0 Å². The molecule has 3 rings (SSSR count). The molecule has 4 heteroatoms. The largest absolute Gasteiger partial charge is 0.486 e. The van der Waals surface area contributed by atoms with Crippen LogP contribution in [0.2, 0.25) is 0 Å². The number of amides is 1. The van der Waals surface area contributed by atoms with Crippen LogP contribution in [-0.2, 0) is 4.79 Å². The summed E-state index contributed by atoms with van der Waals surface area (Å²) >= 11 is 0. The summed E-state index contributed by atoms with van der Waals surface area (Å²) in [5.41, 5.74) is 0.987. The fourth-order valence-electron chi connectivity index (χ4n) is 2.38. The molecule has 0 radical (unpaired) electrons. The van der Waals surface area contributed by atoms with Crippen LogP contribution in [0.5, 0.6) is 11.5 Å². The summed E-state index contributed by atoms with van der Waals surface area (Å²) in [5.74, 6) is 1.31. The van der Waals surface area contributed by atoms with Crippen molar-refractivity contribution in [1.82, 2.24) is 5.32 Å². The number of benzene rings is 2. The highest BCUT2D eigenvalue weighted by Gasteiger charge is 2.26. The lowest BCUT2D eigenvalue weighted by molar-refractivity contribution is -0.117. The molecule has 0 saturated carbocycles. The molecule has 2 aromatic rings. The highest BCUT2D eigenvalue weighted by molar-refractivity contribution is 5.91. The van der Waals surface area contributed by atoms with Crippen LogP contribution in [0.1, 0.15) is 12.5 Å². The Labute approximate surface area is 135 Å². The Hall–Kier alpha value is -2.75. The Morgan fingerprint density at radius 3 is 2.61 bits per heavy atom. The number of carbonyl (C=O) groups excluding carboxylic acids is 1. The van der Waals surface area contributed by atoms with Crippen LogP contribution in [-0.4, -0.2) is 24.7 Å². The maximum atomic E-state index is 12.0. The minimum Gasteiger partial charge on any atom is -0.486 e. The van der Waals surface area contributed by atoms with Crippen LogP contribution in [0.4, 0.5) is 0 Å². The number of para-hydroxylation sites is 2. The van der Waals surface area contributed by atoms with Crippen LogP contribution in [0.15, 0.2) is 60.7 Å². The smallest absolute Gasteiger partial charge is 0.244 e. The van der Waals surface area contributed by atoms with Gasteiger partial charge in [-0.05, 0) is 30.7 Å². The molecule has 1 amide bonds. The number of nitrogens with one attached hydrogen (secondary N) is 1. The number of hydrogen-bond donors (Lipinski definition) is 1. The summed E-state index contributed by atoms with van der Waals surface area (Å²) in [4.78, 5) is 12.0. The van der Waals surface area contributed by atoms with Gasteiger partial charge in [0.25, 0.3) is 0 Å². The molecule has 23 heavy (non-hydrogen) atoms. The van der Waals surface area contributed by atoms with Gasteiger partial charge in [-0.15, -0.1) is 0 Å². The van der Waals surface area contributed by atoms with Crippen molar-refractivity contribution in [3.05, 3.63) is 66.2 Å². The van der Waals surface area contributed by atoms with E-state index in [4.69, 9.17) is 9.47 Å². The van der Waals surface area contributed by atoms with Crippen molar-refractivity contribution < 1.29 is 14.3 Å². The standard InChI is InChI=1S/C19H19NO3/c1-14(18-13-22-16-9-5-6-10-17(16)23-18)20-19(21)12-11-15-7-3-2-4-8-15/h2-12,14,18H,13H2,1H3,(H,20,21)/b12-11-. The second kappa shape index (κ2) is 7.01. The van der Waals surface area contributed by atoms with Gasteiger partial charge in [0.15, 0.2) is 17.6 Å². The second-order valence-electron chi connectivity index (χ2n) is 5.46. The van der Waals surface area contributed by atoms with Crippen LogP contribution in [0.25, 0.3) is 6.08 Å². The highest BCUT2D eigenvalue weighted by Crippen LogP contribution is 2.31. The number of carbonyl (C=O) groups is 1. The van der Waals surface area contributed by atoms with Gasteiger partial charge >= 0.3 is 0 Å². The highest BCUT2D eigenvalue weighted by atomic mass is 16.6. The zero-order chi connectivity index (χ0) is 16.1. The van der Waals surface area contributed by atoms with Crippen molar-refractivity contribution >= 4 is 12.0 Å². The Bertz CT molecular complexity index is 697. The molecule has 118 valence electrons. The molecular weight excluding hydrogens is 290 g/mol. The second-order valence-corrected chi connectivity index (χ2v) is 5.46.